The van der Waals surface area contributed by atoms with Gasteiger partial charge in [0.1, 0.15) is 21.7 Å². The lowest BCUT2D eigenvalue weighted by molar-refractivity contribution is 0.0711. The van der Waals surface area contributed by atoms with Gasteiger partial charge in [-0.15, -0.1) is 11.3 Å². The summed E-state index contributed by atoms with van der Waals surface area (Å²) in [5.74, 6) is 0.972. The van der Waals surface area contributed by atoms with Crippen LogP contribution in [0.3, 0.4) is 0 Å². The molecular formula is C22H21N5O2S2. The molecule has 0 radical (unpaired) electrons. The van der Waals surface area contributed by atoms with Crippen molar-refractivity contribution in [1.29, 1.82) is 0 Å². The quantitative estimate of drug-likeness (QED) is 0.499. The molecule has 1 N–H and O–H groups in total. The molecule has 0 bridgehead atoms. The van der Waals surface area contributed by atoms with Crippen LogP contribution >= 0.6 is 23.1 Å². The molecule has 1 aromatic carbocycles. The highest BCUT2D eigenvalue weighted by molar-refractivity contribution is 7.18. The topological polar surface area (TPSA) is 91.8 Å². The van der Waals surface area contributed by atoms with Gasteiger partial charge in [0.05, 0.1) is 17.1 Å². The number of aromatic nitrogens is 4. The van der Waals surface area contributed by atoms with Crippen molar-refractivity contribution < 1.29 is 4.79 Å². The van der Waals surface area contributed by atoms with E-state index in [1.807, 2.05) is 23.1 Å². The van der Waals surface area contributed by atoms with Crippen LogP contribution in [0.1, 0.15) is 58.2 Å². The number of aryl methyl sites for hydroxylation is 2. The zero-order valence-electron chi connectivity index (χ0n) is 16.9. The number of nitrogens with one attached hydrogen (secondary N) is 1. The number of carbonyl (C=O) groups is 1. The third-order valence-electron chi connectivity index (χ3n) is 6.51. The van der Waals surface area contributed by atoms with Crippen LogP contribution in [0.2, 0.25) is 0 Å². The highest BCUT2D eigenvalue weighted by Gasteiger charge is 2.28. The van der Waals surface area contributed by atoms with E-state index in [9.17, 15) is 9.59 Å². The molecule has 4 heterocycles. The van der Waals surface area contributed by atoms with Gasteiger partial charge in [-0.05, 0) is 62.3 Å². The molecule has 1 saturated heterocycles. The number of hydrogen-bond acceptors (Lipinski definition) is 7. The van der Waals surface area contributed by atoms with Gasteiger partial charge in [0.25, 0.3) is 11.5 Å². The molecule has 1 fully saturated rings. The van der Waals surface area contributed by atoms with Crippen LogP contribution < -0.4 is 5.56 Å². The first-order valence-corrected chi connectivity index (χ1v) is 12.3. The number of H-pyrrole nitrogens is 1. The summed E-state index contributed by atoms with van der Waals surface area (Å²) in [6.07, 6.45) is 6.00. The number of aromatic amines is 1. The Morgan fingerprint density at radius 2 is 1.90 bits per heavy atom. The minimum atomic E-state index is 0.00285. The van der Waals surface area contributed by atoms with Crippen LogP contribution in [0, 0.1) is 0 Å². The lowest BCUT2D eigenvalue weighted by Crippen LogP contribution is -2.38. The molecule has 0 atom stereocenters. The van der Waals surface area contributed by atoms with Crippen molar-refractivity contribution in [2.75, 3.05) is 13.1 Å². The average molecular weight is 452 g/mol. The van der Waals surface area contributed by atoms with Crippen molar-refractivity contribution in [2.24, 2.45) is 0 Å². The molecule has 4 aromatic rings. The molecule has 7 nitrogen and oxygen atoms in total. The summed E-state index contributed by atoms with van der Waals surface area (Å²) < 4.78 is 8.43. The van der Waals surface area contributed by atoms with Gasteiger partial charge in [-0.3, -0.25) is 9.59 Å². The fourth-order valence-corrected chi connectivity index (χ4v) is 6.61. The molecule has 9 heteroatoms. The van der Waals surface area contributed by atoms with E-state index in [1.165, 1.54) is 16.9 Å². The molecule has 1 amide bonds. The molecule has 0 unspecified atom stereocenters. The molecule has 3 aromatic heterocycles. The number of carbonyl (C=O) groups excluding carboxylic acids is 1. The average Bonchev–Trinajstić information content (AvgIpc) is 3.42. The van der Waals surface area contributed by atoms with Crippen molar-refractivity contribution in [1.82, 2.24) is 23.6 Å². The first kappa shape index (κ1) is 19.1. The lowest BCUT2D eigenvalue weighted by Gasteiger charge is -2.31. The van der Waals surface area contributed by atoms with E-state index in [1.54, 1.807) is 11.3 Å². The number of likely N-dealkylation sites (tertiary alicyclic amines) is 1. The number of benzene rings is 1. The maximum absolute atomic E-state index is 13.0. The van der Waals surface area contributed by atoms with E-state index in [4.69, 9.17) is 4.98 Å². The van der Waals surface area contributed by atoms with Crippen LogP contribution in [0.5, 0.6) is 0 Å². The Kier molecular flexibility index (Phi) is 4.61. The molecule has 1 aliphatic heterocycles. The number of hydrogen-bond donors (Lipinski definition) is 1. The summed E-state index contributed by atoms with van der Waals surface area (Å²) in [5, 5.41) is 0.808. The van der Waals surface area contributed by atoms with Crippen molar-refractivity contribution in [3.05, 3.63) is 50.4 Å². The summed E-state index contributed by atoms with van der Waals surface area (Å²) >= 11 is 2.85. The smallest absolute Gasteiger partial charge is 0.259 e. The standard InChI is InChI=1S/C22H21N5O2S2/c28-20-18-14-3-1-2-4-17(14)30-21(18)24-19(23-20)12-7-9-27(10-8-12)22(29)13-5-6-15-16(11-13)26-31-25-15/h5-6,11-12H,1-4,7-10H2,(H,23,24,28). The number of thiophene rings is 1. The molecule has 0 spiro atoms. The van der Waals surface area contributed by atoms with E-state index in [2.05, 4.69) is 13.7 Å². The van der Waals surface area contributed by atoms with Crippen molar-refractivity contribution in [2.45, 2.75) is 44.4 Å². The Bertz CT molecular complexity index is 1360. The normalized spacial score (nSPS) is 17.4. The van der Waals surface area contributed by atoms with Crippen LogP contribution in [0.15, 0.2) is 23.0 Å². The predicted molar refractivity (Wildman–Crippen MR) is 122 cm³/mol. The molecule has 158 valence electrons. The SMILES string of the molecule is O=C(c1ccc2nsnc2c1)N1CCC(c2nc3sc4c(c3c(=O)[nH]2)CCCC4)CC1. The fraction of sp³-hybridized carbons (Fsp3) is 0.409. The van der Waals surface area contributed by atoms with Crippen molar-refractivity contribution >= 4 is 50.2 Å². The maximum Gasteiger partial charge on any atom is 0.259 e. The summed E-state index contributed by atoms with van der Waals surface area (Å²) in [6, 6.07) is 5.49. The number of piperidine rings is 1. The monoisotopic (exact) mass is 451 g/mol. The Balaban J connectivity index is 1.21. The van der Waals surface area contributed by atoms with Crippen molar-refractivity contribution in [3.8, 4) is 0 Å². The highest BCUT2D eigenvalue weighted by atomic mass is 32.1. The summed E-state index contributed by atoms with van der Waals surface area (Å²) in [7, 11) is 0. The van der Waals surface area contributed by atoms with E-state index in [-0.39, 0.29) is 17.4 Å². The third-order valence-corrected chi connectivity index (χ3v) is 8.26. The van der Waals surface area contributed by atoms with E-state index in [0.29, 0.717) is 18.7 Å². The lowest BCUT2D eigenvalue weighted by atomic mass is 9.95. The second-order valence-electron chi connectivity index (χ2n) is 8.38. The fourth-order valence-electron chi connectivity index (χ4n) is 4.83. The molecule has 1 aliphatic carbocycles. The Morgan fingerprint density at radius 1 is 1.10 bits per heavy atom. The van der Waals surface area contributed by atoms with Crippen LogP contribution in [0.4, 0.5) is 0 Å². The summed E-state index contributed by atoms with van der Waals surface area (Å²) in [4.78, 5) is 37.9. The van der Waals surface area contributed by atoms with E-state index < -0.39 is 0 Å². The van der Waals surface area contributed by atoms with E-state index >= 15 is 0 Å². The second kappa shape index (κ2) is 7.49. The molecule has 6 rings (SSSR count). The maximum atomic E-state index is 13.0. The minimum absolute atomic E-state index is 0.00285. The molecule has 2 aliphatic rings. The van der Waals surface area contributed by atoms with Crippen molar-refractivity contribution in [3.63, 3.8) is 0 Å². The van der Waals surface area contributed by atoms with Crippen LogP contribution in [0.25, 0.3) is 21.3 Å². The molecule has 31 heavy (non-hydrogen) atoms. The highest BCUT2D eigenvalue weighted by Crippen LogP contribution is 2.35. The molecular weight excluding hydrogens is 430 g/mol. The number of nitrogens with zero attached hydrogens (tertiary/aromatic N) is 4. The van der Waals surface area contributed by atoms with Gasteiger partial charge in [0, 0.05) is 29.4 Å². The van der Waals surface area contributed by atoms with Gasteiger partial charge in [-0.1, -0.05) is 0 Å². The van der Waals surface area contributed by atoms with Crippen LogP contribution in [-0.4, -0.2) is 42.6 Å². The van der Waals surface area contributed by atoms with Gasteiger partial charge in [-0.2, -0.15) is 8.75 Å². The minimum Gasteiger partial charge on any atom is -0.339 e. The third kappa shape index (κ3) is 3.27. The summed E-state index contributed by atoms with van der Waals surface area (Å²) in [6.45, 7) is 1.30. The van der Waals surface area contributed by atoms with Gasteiger partial charge >= 0.3 is 0 Å². The Labute approximate surface area is 186 Å². The zero-order chi connectivity index (χ0) is 20.9. The predicted octanol–water partition coefficient (Wildman–Crippen LogP) is 3.89. The first-order chi connectivity index (χ1) is 15.2. The number of fused-ring (bicyclic) bond motifs is 4. The number of rotatable bonds is 2. The largest absolute Gasteiger partial charge is 0.339 e. The summed E-state index contributed by atoms with van der Waals surface area (Å²) in [5.41, 5.74) is 3.46. The van der Waals surface area contributed by atoms with Gasteiger partial charge in [0.15, 0.2) is 0 Å². The van der Waals surface area contributed by atoms with E-state index in [0.717, 1.165) is 70.9 Å². The van der Waals surface area contributed by atoms with Crippen LogP contribution in [-0.2, 0) is 12.8 Å². The van der Waals surface area contributed by atoms with Gasteiger partial charge in [-0.25, -0.2) is 4.98 Å². The second-order valence-corrected chi connectivity index (χ2v) is 9.99. The Morgan fingerprint density at radius 3 is 2.77 bits per heavy atom. The Hall–Kier alpha value is -2.65. The number of amides is 1. The van der Waals surface area contributed by atoms with Gasteiger partial charge < -0.3 is 9.88 Å². The first-order valence-electron chi connectivity index (χ1n) is 10.7. The zero-order valence-corrected chi connectivity index (χ0v) is 18.5. The van der Waals surface area contributed by atoms with Gasteiger partial charge in [0.2, 0.25) is 0 Å². The molecule has 0 saturated carbocycles.